The van der Waals surface area contributed by atoms with Crippen molar-refractivity contribution in [3.63, 3.8) is 0 Å². The van der Waals surface area contributed by atoms with Crippen molar-refractivity contribution in [1.82, 2.24) is 20.1 Å². The molecule has 5 heterocycles. The Morgan fingerprint density at radius 3 is 2.35 bits per heavy atom. The zero-order chi connectivity index (χ0) is 23.8. The first kappa shape index (κ1) is 26.8. The third kappa shape index (κ3) is 6.72. The molecule has 2 atom stereocenters. The lowest BCUT2D eigenvalue weighted by molar-refractivity contribution is 0.0527. The lowest BCUT2D eigenvalue weighted by Crippen LogP contribution is -2.54. The maximum Gasteiger partial charge on any atom is 0.186 e. The Balaban J connectivity index is 0.000000172. The number of likely N-dealkylation sites (tertiary alicyclic amines) is 2. The molecule has 0 saturated carbocycles. The molecule has 5 rings (SSSR count). The highest BCUT2D eigenvalue weighted by Gasteiger charge is 2.38. The number of nitrogens with one attached hydrogen (secondary N) is 1. The molecule has 9 heteroatoms. The van der Waals surface area contributed by atoms with E-state index in [1.165, 1.54) is 71.1 Å². The number of aliphatic hydroxyl groups is 2. The van der Waals surface area contributed by atoms with Gasteiger partial charge in [0.2, 0.25) is 0 Å². The van der Waals surface area contributed by atoms with E-state index in [9.17, 15) is 10.2 Å². The van der Waals surface area contributed by atoms with Crippen LogP contribution in [0.4, 0.5) is 5.13 Å². The molecule has 1 aromatic rings. The summed E-state index contributed by atoms with van der Waals surface area (Å²) in [6.07, 6.45) is 12.7. The summed E-state index contributed by atoms with van der Waals surface area (Å²) >= 11 is 5.22. The van der Waals surface area contributed by atoms with Gasteiger partial charge in [0, 0.05) is 37.9 Å². The van der Waals surface area contributed by atoms with Gasteiger partial charge in [-0.25, -0.2) is 4.98 Å². The van der Waals surface area contributed by atoms with Gasteiger partial charge >= 0.3 is 0 Å². The Kier molecular flexibility index (Phi) is 10.5. The van der Waals surface area contributed by atoms with Crippen LogP contribution < -0.4 is 10.2 Å². The minimum absolute atomic E-state index is 0.317. The topological polar surface area (TPSA) is 75.1 Å². The zero-order valence-corrected chi connectivity index (χ0v) is 23.0. The van der Waals surface area contributed by atoms with Crippen LogP contribution in [0.25, 0.3) is 0 Å². The predicted octanol–water partition coefficient (Wildman–Crippen LogP) is 3.17. The number of piperidine rings is 2. The quantitative estimate of drug-likeness (QED) is 0.475. The standard InChI is InChI=1S/C14H22BrN3OS.C11H22N2O/c15-13-9-16-14(20-13)18-7-3-11(4-8-19)12(10-18)17-5-1-2-6-17;14-10-5-11(3-6-12-7-4-11)13-8-1-2-9-13/h9,11-12,19H,1-8,10H2;12,14H,1-10H2. The fraction of sp³-hybridized carbons (Fsp3) is 0.880. The average molecular weight is 559 g/mol. The van der Waals surface area contributed by atoms with Gasteiger partial charge in [-0.05, 0) is 119 Å². The highest BCUT2D eigenvalue weighted by molar-refractivity contribution is 9.11. The average Bonchev–Trinajstić information content (AvgIpc) is 3.64. The van der Waals surface area contributed by atoms with Crippen LogP contribution in [0, 0.1) is 5.92 Å². The number of anilines is 1. The third-order valence-corrected chi connectivity index (χ3v) is 9.99. The van der Waals surface area contributed by atoms with Crippen LogP contribution in [0.3, 0.4) is 0 Å². The van der Waals surface area contributed by atoms with E-state index in [-0.39, 0.29) is 0 Å². The van der Waals surface area contributed by atoms with Gasteiger partial charge < -0.3 is 20.4 Å². The number of aromatic nitrogens is 1. The van der Waals surface area contributed by atoms with Crippen molar-refractivity contribution in [2.45, 2.75) is 69.4 Å². The third-order valence-electron chi connectivity index (χ3n) is 8.46. The van der Waals surface area contributed by atoms with Crippen molar-refractivity contribution in [3.8, 4) is 0 Å². The van der Waals surface area contributed by atoms with Crippen LogP contribution in [0.5, 0.6) is 0 Å². The van der Waals surface area contributed by atoms with Crippen molar-refractivity contribution >= 4 is 32.4 Å². The fourth-order valence-electron chi connectivity index (χ4n) is 6.55. The number of hydrogen-bond donors (Lipinski definition) is 3. The van der Waals surface area contributed by atoms with Gasteiger partial charge in [0.1, 0.15) is 0 Å². The Morgan fingerprint density at radius 1 is 1.03 bits per heavy atom. The number of aliphatic hydroxyl groups excluding tert-OH is 2. The second-order valence-electron chi connectivity index (χ2n) is 10.4. The molecule has 4 saturated heterocycles. The SMILES string of the molecule is OCCC1(N2CCCC2)CCNCC1.OCCC1CCN(c2ncc(Br)s2)CC1N1CCCC1. The lowest BCUT2D eigenvalue weighted by atomic mass is 9.84. The molecule has 34 heavy (non-hydrogen) atoms. The Morgan fingerprint density at radius 2 is 1.74 bits per heavy atom. The van der Waals surface area contributed by atoms with Crippen LogP contribution in [-0.4, -0.2) is 102 Å². The first-order chi connectivity index (χ1) is 16.6. The first-order valence-corrected chi connectivity index (χ1v) is 15.0. The second-order valence-corrected chi connectivity index (χ2v) is 12.8. The van der Waals surface area contributed by atoms with Crippen LogP contribution >= 0.6 is 27.3 Å². The molecule has 0 aliphatic carbocycles. The van der Waals surface area contributed by atoms with Crippen LogP contribution in [0.2, 0.25) is 0 Å². The summed E-state index contributed by atoms with van der Waals surface area (Å²) in [4.78, 5) is 12.2. The fourth-order valence-corrected chi connectivity index (χ4v) is 7.77. The molecule has 0 bridgehead atoms. The monoisotopic (exact) mass is 557 g/mol. The molecule has 4 aliphatic rings. The second kappa shape index (κ2) is 13.3. The number of nitrogens with zero attached hydrogens (tertiary/aromatic N) is 4. The maximum atomic E-state index is 9.32. The van der Waals surface area contributed by atoms with Gasteiger partial charge in [0.15, 0.2) is 5.13 Å². The molecule has 3 N–H and O–H groups in total. The van der Waals surface area contributed by atoms with E-state index in [0.717, 1.165) is 47.9 Å². The Bertz CT molecular complexity index is 714. The van der Waals surface area contributed by atoms with Crippen molar-refractivity contribution in [1.29, 1.82) is 0 Å². The maximum absolute atomic E-state index is 9.32. The van der Waals surface area contributed by atoms with E-state index in [2.05, 4.69) is 40.9 Å². The smallest absolute Gasteiger partial charge is 0.186 e. The largest absolute Gasteiger partial charge is 0.396 e. The van der Waals surface area contributed by atoms with E-state index < -0.39 is 0 Å². The molecule has 2 unspecified atom stereocenters. The Labute approximate surface area is 218 Å². The number of halogens is 1. The van der Waals surface area contributed by atoms with Crippen molar-refractivity contribution in [3.05, 3.63) is 9.98 Å². The predicted molar refractivity (Wildman–Crippen MR) is 144 cm³/mol. The molecular weight excluding hydrogens is 514 g/mol. The van der Waals surface area contributed by atoms with E-state index >= 15 is 0 Å². The highest BCUT2D eigenvalue weighted by Crippen LogP contribution is 2.34. The van der Waals surface area contributed by atoms with E-state index in [4.69, 9.17) is 0 Å². The van der Waals surface area contributed by atoms with Crippen molar-refractivity contribution in [2.75, 3.05) is 70.5 Å². The molecule has 7 nitrogen and oxygen atoms in total. The summed E-state index contributed by atoms with van der Waals surface area (Å²) in [6, 6.07) is 0.584. The minimum atomic E-state index is 0.317. The van der Waals surface area contributed by atoms with Gasteiger partial charge in [0.05, 0.1) is 9.98 Å². The van der Waals surface area contributed by atoms with Gasteiger partial charge in [-0.2, -0.15) is 0 Å². The summed E-state index contributed by atoms with van der Waals surface area (Å²) < 4.78 is 1.10. The van der Waals surface area contributed by atoms with Crippen molar-refractivity contribution < 1.29 is 10.2 Å². The van der Waals surface area contributed by atoms with E-state index in [1.54, 1.807) is 11.3 Å². The zero-order valence-electron chi connectivity index (χ0n) is 20.6. The summed E-state index contributed by atoms with van der Waals surface area (Å²) in [5.41, 5.74) is 0.330. The molecule has 4 aliphatic heterocycles. The molecule has 0 spiro atoms. The summed E-state index contributed by atoms with van der Waals surface area (Å²) in [6.45, 7) is 9.98. The van der Waals surface area contributed by atoms with Gasteiger partial charge in [-0.15, -0.1) is 0 Å². The van der Waals surface area contributed by atoms with E-state index in [1.807, 2.05) is 6.20 Å². The molecule has 1 aromatic heterocycles. The van der Waals surface area contributed by atoms with Crippen molar-refractivity contribution in [2.24, 2.45) is 5.92 Å². The summed E-state index contributed by atoms with van der Waals surface area (Å²) in [5, 5.41) is 23.1. The Hall–Kier alpha value is -0.290. The number of thiazole rings is 1. The number of rotatable bonds is 7. The molecular formula is C25H44BrN5O2S. The summed E-state index contributed by atoms with van der Waals surface area (Å²) in [7, 11) is 0. The molecule has 0 amide bonds. The van der Waals surface area contributed by atoms with E-state index in [0.29, 0.717) is 30.7 Å². The molecule has 194 valence electrons. The lowest BCUT2D eigenvalue weighted by Gasteiger charge is -2.45. The van der Waals surface area contributed by atoms with Crippen LogP contribution in [0.1, 0.15) is 57.8 Å². The molecule has 0 aromatic carbocycles. The minimum Gasteiger partial charge on any atom is -0.396 e. The van der Waals surface area contributed by atoms with Gasteiger partial charge in [0.25, 0.3) is 0 Å². The molecule has 0 radical (unpaired) electrons. The van der Waals surface area contributed by atoms with Crippen LogP contribution in [0.15, 0.2) is 9.98 Å². The first-order valence-electron chi connectivity index (χ1n) is 13.4. The highest BCUT2D eigenvalue weighted by atomic mass is 79.9. The number of hydrogen-bond acceptors (Lipinski definition) is 8. The molecule has 4 fully saturated rings. The van der Waals surface area contributed by atoms with Gasteiger partial charge in [-0.3, -0.25) is 9.80 Å². The normalized spacial score (nSPS) is 28.1. The van der Waals surface area contributed by atoms with Crippen LogP contribution in [-0.2, 0) is 0 Å². The summed E-state index contributed by atoms with van der Waals surface area (Å²) in [5.74, 6) is 0.637. The van der Waals surface area contributed by atoms with Gasteiger partial charge in [-0.1, -0.05) is 11.3 Å².